The van der Waals surface area contributed by atoms with Gasteiger partial charge in [0.05, 0.1) is 10.5 Å². The Bertz CT molecular complexity index is 379. The summed E-state index contributed by atoms with van der Waals surface area (Å²) >= 11 is 2.74. The number of hydrogen-bond donors (Lipinski definition) is 2. The fourth-order valence-electron chi connectivity index (χ4n) is 1.38. The van der Waals surface area contributed by atoms with E-state index in [0.717, 1.165) is 16.2 Å². The van der Waals surface area contributed by atoms with Crippen LogP contribution in [0.4, 0.5) is 5.00 Å². The van der Waals surface area contributed by atoms with Gasteiger partial charge in [0.15, 0.2) is 0 Å². The van der Waals surface area contributed by atoms with Gasteiger partial charge in [-0.25, -0.2) is 0 Å². The lowest BCUT2D eigenvalue weighted by Gasteiger charge is -2.22. The average molecular weight is 276 g/mol. The highest BCUT2D eigenvalue weighted by molar-refractivity contribution is 7.98. The lowest BCUT2D eigenvalue weighted by atomic mass is 10.1. The third-order valence-electron chi connectivity index (χ3n) is 2.09. The maximum absolute atomic E-state index is 10.5. The Morgan fingerprint density at radius 2 is 2.35 bits per heavy atom. The summed E-state index contributed by atoms with van der Waals surface area (Å²) in [5, 5.41) is 23.6. The molecule has 0 radical (unpaired) electrons. The molecule has 2 N–H and O–H groups in total. The molecule has 0 aromatic carbocycles. The normalized spacial score (nSPS) is 14.5. The monoisotopic (exact) mass is 276 g/mol. The first-order valence-electron chi connectivity index (χ1n) is 5.10. The molecule has 7 heteroatoms. The van der Waals surface area contributed by atoms with E-state index in [-0.39, 0.29) is 5.00 Å². The van der Waals surface area contributed by atoms with Crippen LogP contribution >= 0.6 is 23.1 Å². The zero-order valence-corrected chi connectivity index (χ0v) is 11.4. The molecule has 1 aromatic rings. The van der Waals surface area contributed by atoms with Crippen molar-refractivity contribution in [3.05, 3.63) is 27.1 Å². The van der Waals surface area contributed by atoms with Crippen LogP contribution in [0.2, 0.25) is 0 Å². The maximum atomic E-state index is 10.5. The first-order valence-corrected chi connectivity index (χ1v) is 7.31. The topological polar surface area (TPSA) is 75.4 Å². The lowest BCUT2D eigenvalue weighted by molar-refractivity contribution is -0.380. The van der Waals surface area contributed by atoms with Crippen LogP contribution in [0, 0.1) is 10.1 Å². The molecule has 1 heterocycles. The molecule has 0 aliphatic rings. The summed E-state index contributed by atoms with van der Waals surface area (Å²) in [5.74, 6) is 0.657. The second-order valence-corrected chi connectivity index (χ2v) is 6.04. The molecule has 1 unspecified atom stereocenters. The predicted molar refractivity (Wildman–Crippen MR) is 71.7 cm³/mol. The van der Waals surface area contributed by atoms with Crippen molar-refractivity contribution >= 4 is 28.1 Å². The summed E-state index contributed by atoms with van der Waals surface area (Å²) in [5.41, 5.74) is -0.747. The minimum absolute atomic E-state index is 0.151. The molecule has 0 spiro atoms. The number of hydrogen-bond acceptors (Lipinski definition) is 6. The average Bonchev–Trinajstić information content (AvgIpc) is 2.66. The lowest BCUT2D eigenvalue weighted by Crippen LogP contribution is -2.39. The van der Waals surface area contributed by atoms with Gasteiger partial charge >= 0.3 is 5.00 Å². The smallest absolute Gasteiger partial charge is 0.324 e. The Morgan fingerprint density at radius 1 is 1.65 bits per heavy atom. The SMILES string of the molecule is CSCC(C)(O)CNCc1ccc([N+](=O)[O-])s1. The zero-order chi connectivity index (χ0) is 12.9. The third-order valence-corrected chi connectivity index (χ3v) is 4.04. The molecule has 1 atom stereocenters. The van der Waals surface area contributed by atoms with Crippen molar-refractivity contribution in [1.29, 1.82) is 0 Å². The standard InChI is InChI=1S/C10H16N2O3S2/c1-10(13,7-16-2)6-11-5-8-3-4-9(17-8)12(14)15/h3-4,11,13H,5-7H2,1-2H3. The largest absolute Gasteiger partial charge is 0.388 e. The van der Waals surface area contributed by atoms with Gasteiger partial charge in [-0.15, -0.1) is 0 Å². The zero-order valence-electron chi connectivity index (χ0n) is 9.80. The summed E-state index contributed by atoms with van der Waals surface area (Å²) in [6, 6.07) is 3.24. The Kier molecular flexibility index (Phi) is 5.38. The van der Waals surface area contributed by atoms with E-state index in [1.807, 2.05) is 6.26 Å². The number of nitro groups is 1. The van der Waals surface area contributed by atoms with Crippen molar-refractivity contribution in [2.45, 2.75) is 19.1 Å². The van der Waals surface area contributed by atoms with Crippen LogP contribution in [0.25, 0.3) is 0 Å². The van der Waals surface area contributed by atoms with Gasteiger partial charge in [-0.2, -0.15) is 11.8 Å². The molecular weight excluding hydrogens is 260 g/mol. The van der Waals surface area contributed by atoms with Crippen molar-refractivity contribution in [2.24, 2.45) is 0 Å². The van der Waals surface area contributed by atoms with E-state index in [1.54, 1.807) is 24.8 Å². The molecular formula is C10H16N2O3S2. The van der Waals surface area contributed by atoms with Crippen LogP contribution in [0.5, 0.6) is 0 Å². The summed E-state index contributed by atoms with van der Waals surface area (Å²) in [6.45, 7) is 2.79. The van der Waals surface area contributed by atoms with Gasteiger partial charge < -0.3 is 10.4 Å². The van der Waals surface area contributed by atoms with Crippen molar-refractivity contribution in [3.63, 3.8) is 0 Å². The van der Waals surface area contributed by atoms with Gasteiger partial charge in [-0.3, -0.25) is 10.1 Å². The fourth-order valence-corrected chi connectivity index (χ4v) is 2.89. The second kappa shape index (κ2) is 6.34. The first-order chi connectivity index (χ1) is 7.94. The number of thioether (sulfide) groups is 1. The first kappa shape index (κ1) is 14.4. The third kappa shape index (κ3) is 5.03. The molecule has 96 valence electrons. The van der Waals surface area contributed by atoms with E-state index in [9.17, 15) is 15.2 Å². The molecule has 0 saturated carbocycles. The molecule has 17 heavy (non-hydrogen) atoms. The highest BCUT2D eigenvalue weighted by Gasteiger charge is 2.19. The van der Waals surface area contributed by atoms with Crippen LogP contribution in [0.3, 0.4) is 0 Å². The molecule has 0 amide bonds. The van der Waals surface area contributed by atoms with E-state index >= 15 is 0 Å². The Hall–Kier alpha value is -0.630. The summed E-state index contributed by atoms with van der Waals surface area (Å²) in [4.78, 5) is 11.0. The van der Waals surface area contributed by atoms with E-state index in [0.29, 0.717) is 18.8 Å². The van der Waals surface area contributed by atoms with Crippen LogP contribution in [-0.2, 0) is 6.54 Å². The van der Waals surface area contributed by atoms with E-state index in [2.05, 4.69) is 5.32 Å². The van der Waals surface area contributed by atoms with Gasteiger partial charge in [0.1, 0.15) is 0 Å². The highest BCUT2D eigenvalue weighted by atomic mass is 32.2. The maximum Gasteiger partial charge on any atom is 0.324 e. The van der Waals surface area contributed by atoms with Crippen LogP contribution < -0.4 is 5.32 Å². The van der Waals surface area contributed by atoms with E-state index in [4.69, 9.17) is 0 Å². The van der Waals surface area contributed by atoms with Crippen LogP contribution in [-0.4, -0.2) is 34.2 Å². The Balaban J connectivity index is 2.38. The van der Waals surface area contributed by atoms with Crippen molar-refractivity contribution in [2.75, 3.05) is 18.6 Å². The van der Waals surface area contributed by atoms with Gasteiger partial charge in [0, 0.05) is 29.8 Å². The quantitative estimate of drug-likeness (QED) is 0.587. The molecule has 1 aromatic heterocycles. The van der Waals surface area contributed by atoms with Crippen molar-refractivity contribution in [3.8, 4) is 0 Å². The molecule has 0 bridgehead atoms. The van der Waals surface area contributed by atoms with E-state index in [1.165, 1.54) is 6.07 Å². The summed E-state index contributed by atoms with van der Waals surface area (Å²) in [6.07, 6.45) is 1.94. The number of rotatable bonds is 7. The minimum Gasteiger partial charge on any atom is -0.388 e. The second-order valence-electron chi connectivity index (χ2n) is 4.03. The van der Waals surface area contributed by atoms with Gasteiger partial charge in [0.25, 0.3) is 0 Å². The number of nitrogens with zero attached hydrogens (tertiary/aromatic N) is 1. The van der Waals surface area contributed by atoms with E-state index < -0.39 is 10.5 Å². The highest BCUT2D eigenvalue weighted by Crippen LogP contribution is 2.23. The van der Waals surface area contributed by atoms with Crippen LogP contribution in [0.1, 0.15) is 11.8 Å². The van der Waals surface area contributed by atoms with Crippen LogP contribution in [0.15, 0.2) is 12.1 Å². The van der Waals surface area contributed by atoms with Gasteiger partial charge in [-0.1, -0.05) is 11.3 Å². The fraction of sp³-hybridized carbons (Fsp3) is 0.600. The number of nitrogens with one attached hydrogen (secondary N) is 1. The molecule has 0 saturated heterocycles. The molecule has 1 rings (SSSR count). The molecule has 5 nitrogen and oxygen atoms in total. The van der Waals surface area contributed by atoms with Crippen molar-refractivity contribution in [1.82, 2.24) is 5.32 Å². The Labute approximate surface area is 108 Å². The summed E-state index contributed by atoms with van der Waals surface area (Å²) < 4.78 is 0. The van der Waals surface area contributed by atoms with Gasteiger partial charge in [-0.05, 0) is 19.2 Å². The van der Waals surface area contributed by atoms with Crippen molar-refractivity contribution < 1.29 is 10.0 Å². The minimum atomic E-state index is -0.747. The van der Waals surface area contributed by atoms with Gasteiger partial charge in [0.2, 0.25) is 0 Å². The Morgan fingerprint density at radius 3 is 2.88 bits per heavy atom. The predicted octanol–water partition coefficient (Wildman–Crippen LogP) is 1.86. The number of thiophene rings is 1. The summed E-state index contributed by atoms with van der Waals surface area (Å²) in [7, 11) is 0. The molecule has 0 fully saturated rings. The molecule has 0 aliphatic carbocycles. The molecule has 0 aliphatic heterocycles. The number of aliphatic hydroxyl groups is 1.